The van der Waals surface area contributed by atoms with Gasteiger partial charge in [0.25, 0.3) is 0 Å². The maximum absolute atomic E-state index is 6.60. The van der Waals surface area contributed by atoms with Gasteiger partial charge in [-0.2, -0.15) is 0 Å². The Morgan fingerprint density at radius 3 is 1.03 bits per heavy atom. The molecule has 1 fully saturated rings. The first kappa shape index (κ1) is 22.9. The summed E-state index contributed by atoms with van der Waals surface area (Å²) in [7, 11) is 9.64. The fourth-order valence-electron chi connectivity index (χ4n) is 4.25. The lowest BCUT2D eigenvalue weighted by atomic mass is 9.85. The number of ether oxygens (including phenoxy) is 7. The van der Waals surface area contributed by atoms with Crippen LogP contribution in [0.1, 0.15) is 37.2 Å². The zero-order valence-corrected chi connectivity index (χ0v) is 19.5. The van der Waals surface area contributed by atoms with Crippen LogP contribution in [0.4, 0.5) is 0 Å². The standard InChI is InChI=1S/C24H32O7/c1-13-14(2)22(16-11-19(27-5)24(30-8)20(12-16)28-6)31-21(13)15-9-17(25-3)23(29-7)18(10-15)26-4/h9-14,21-22H,1-8H3/t13-,14-,21-,22+/m1/s1. The summed E-state index contributed by atoms with van der Waals surface area (Å²) in [5.41, 5.74) is 1.95. The number of rotatable bonds is 8. The third kappa shape index (κ3) is 4.06. The van der Waals surface area contributed by atoms with E-state index in [2.05, 4.69) is 13.8 Å². The van der Waals surface area contributed by atoms with Crippen LogP contribution in [-0.4, -0.2) is 42.7 Å². The van der Waals surface area contributed by atoms with Crippen molar-refractivity contribution < 1.29 is 33.2 Å². The van der Waals surface area contributed by atoms with E-state index in [4.69, 9.17) is 33.2 Å². The van der Waals surface area contributed by atoms with Gasteiger partial charge in [0.05, 0.1) is 54.9 Å². The molecule has 2 aromatic carbocycles. The normalized spacial score (nSPS) is 22.7. The Labute approximate surface area is 184 Å². The van der Waals surface area contributed by atoms with E-state index in [0.717, 1.165) is 11.1 Å². The van der Waals surface area contributed by atoms with Gasteiger partial charge in [-0.1, -0.05) is 13.8 Å². The Morgan fingerprint density at radius 2 is 0.806 bits per heavy atom. The molecule has 31 heavy (non-hydrogen) atoms. The summed E-state index contributed by atoms with van der Waals surface area (Å²) < 4.78 is 39.6. The molecule has 0 saturated carbocycles. The first-order valence-electron chi connectivity index (χ1n) is 10.2. The van der Waals surface area contributed by atoms with Crippen molar-refractivity contribution in [3.05, 3.63) is 35.4 Å². The van der Waals surface area contributed by atoms with E-state index in [0.29, 0.717) is 34.5 Å². The highest BCUT2D eigenvalue weighted by atomic mass is 16.5. The lowest BCUT2D eigenvalue weighted by molar-refractivity contribution is 0.0285. The second-order valence-corrected chi connectivity index (χ2v) is 7.61. The van der Waals surface area contributed by atoms with Crippen LogP contribution in [0.25, 0.3) is 0 Å². The number of benzene rings is 2. The van der Waals surface area contributed by atoms with Crippen LogP contribution >= 0.6 is 0 Å². The van der Waals surface area contributed by atoms with Crippen molar-refractivity contribution in [1.29, 1.82) is 0 Å². The van der Waals surface area contributed by atoms with Crippen molar-refractivity contribution in [2.75, 3.05) is 42.7 Å². The molecule has 170 valence electrons. The Bertz CT molecular complexity index is 787. The minimum atomic E-state index is -0.146. The minimum Gasteiger partial charge on any atom is -0.493 e. The van der Waals surface area contributed by atoms with Crippen LogP contribution in [-0.2, 0) is 4.74 Å². The molecule has 0 aliphatic carbocycles. The highest BCUT2D eigenvalue weighted by Gasteiger charge is 2.41. The van der Waals surface area contributed by atoms with Crippen molar-refractivity contribution in [3.63, 3.8) is 0 Å². The molecule has 1 aliphatic heterocycles. The summed E-state index contributed by atoms with van der Waals surface area (Å²) in [4.78, 5) is 0. The second-order valence-electron chi connectivity index (χ2n) is 7.61. The van der Waals surface area contributed by atoms with Crippen LogP contribution in [0, 0.1) is 11.8 Å². The van der Waals surface area contributed by atoms with Gasteiger partial charge in [-0.05, 0) is 47.2 Å². The van der Waals surface area contributed by atoms with Gasteiger partial charge in [0, 0.05) is 0 Å². The fraction of sp³-hybridized carbons (Fsp3) is 0.500. The molecular formula is C24H32O7. The SMILES string of the molecule is COc1cc([C@H]2O[C@@H](c3cc(OC)c(OC)c(OC)c3)[C@H](C)[C@H]2C)cc(OC)c1OC. The molecular weight excluding hydrogens is 400 g/mol. The molecule has 0 bridgehead atoms. The molecule has 7 heteroatoms. The van der Waals surface area contributed by atoms with Crippen molar-refractivity contribution in [2.45, 2.75) is 26.1 Å². The Balaban J connectivity index is 2.01. The smallest absolute Gasteiger partial charge is 0.203 e. The Kier molecular flexibility index (Phi) is 7.05. The lowest BCUT2D eigenvalue weighted by Gasteiger charge is -2.20. The van der Waals surface area contributed by atoms with E-state index in [1.54, 1.807) is 42.7 Å². The first-order valence-corrected chi connectivity index (χ1v) is 10.2. The Hall–Kier alpha value is -2.80. The first-order chi connectivity index (χ1) is 14.9. The van der Waals surface area contributed by atoms with E-state index in [9.17, 15) is 0 Å². The topological polar surface area (TPSA) is 64.6 Å². The zero-order chi connectivity index (χ0) is 22.7. The molecule has 3 rings (SSSR count). The average Bonchev–Trinajstić information content (AvgIpc) is 3.11. The van der Waals surface area contributed by atoms with Crippen molar-refractivity contribution in [2.24, 2.45) is 11.8 Å². The predicted octanol–water partition coefficient (Wildman–Crippen LogP) is 4.82. The highest BCUT2D eigenvalue weighted by Crippen LogP contribution is 2.53. The maximum Gasteiger partial charge on any atom is 0.203 e. The van der Waals surface area contributed by atoms with E-state index in [1.807, 2.05) is 24.3 Å². The average molecular weight is 433 g/mol. The second kappa shape index (κ2) is 9.56. The maximum atomic E-state index is 6.60. The largest absolute Gasteiger partial charge is 0.493 e. The molecule has 0 spiro atoms. The van der Waals surface area contributed by atoms with Crippen LogP contribution in [0.2, 0.25) is 0 Å². The molecule has 7 nitrogen and oxygen atoms in total. The van der Waals surface area contributed by atoms with Gasteiger partial charge in [-0.25, -0.2) is 0 Å². The molecule has 2 aromatic rings. The van der Waals surface area contributed by atoms with Crippen molar-refractivity contribution >= 4 is 0 Å². The molecule has 4 atom stereocenters. The van der Waals surface area contributed by atoms with E-state index in [1.165, 1.54) is 0 Å². The number of hydrogen-bond acceptors (Lipinski definition) is 7. The third-order valence-electron chi connectivity index (χ3n) is 6.11. The number of methoxy groups -OCH3 is 6. The quantitative estimate of drug-likeness (QED) is 0.592. The van der Waals surface area contributed by atoms with Gasteiger partial charge in [-0.15, -0.1) is 0 Å². The van der Waals surface area contributed by atoms with Gasteiger partial charge < -0.3 is 33.2 Å². The molecule has 1 heterocycles. The minimum absolute atomic E-state index is 0.146. The summed E-state index contributed by atoms with van der Waals surface area (Å²) in [6.07, 6.45) is -0.291. The lowest BCUT2D eigenvalue weighted by Crippen LogP contribution is -2.10. The molecule has 1 aliphatic rings. The summed E-state index contributed by atoms with van der Waals surface area (Å²) in [6, 6.07) is 7.80. The third-order valence-corrected chi connectivity index (χ3v) is 6.11. The highest BCUT2D eigenvalue weighted by molar-refractivity contribution is 5.56. The van der Waals surface area contributed by atoms with Crippen LogP contribution < -0.4 is 28.4 Å². The molecule has 1 saturated heterocycles. The molecule has 0 amide bonds. The van der Waals surface area contributed by atoms with Gasteiger partial charge in [0.15, 0.2) is 23.0 Å². The van der Waals surface area contributed by atoms with Gasteiger partial charge >= 0.3 is 0 Å². The van der Waals surface area contributed by atoms with E-state index < -0.39 is 0 Å². The number of hydrogen-bond donors (Lipinski definition) is 0. The molecule has 0 aromatic heterocycles. The summed E-state index contributed by atoms with van der Waals surface area (Å²) in [6.45, 7) is 4.38. The summed E-state index contributed by atoms with van der Waals surface area (Å²) >= 11 is 0. The summed E-state index contributed by atoms with van der Waals surface area (Å²) in [5, 5.41) is 0. The van der Waals surface area contributed by atoms with Gasteiger partial charge in [-0.3, -0.25) is 0 Å². The van der Waals surface area contributed by atoms with Crippen LogP contribution in [0.5, 0.6) is 34.5 Å². The van der Waals surface area contributed by atoms with Gasteiger partial charge in [0.2, 0.25) is 11.5 Å². The zero-order valence-electron chi connectivity index (χ0n) is 19.5. The molecule has 0 radical (unpaired) electrons. The fourth-order valence-corrected chi connectivity index (χ4v) is 4.25. The Morgan fingerprint density at radius 1 is 0.516 bits per heavy atom. The van der Waals surface area contributed by atoms with Crippen LogP contribution in [0.15, 0.2) is 24.3 Å². The van der Waals surface area contributed by atoms with E-state index >= 15 is 0 Å². The van der Waals surface area contributed by atoms with Crippen LogP contribution in [0.3, 0.4) is 0 Å². The van der Waals surface area contributed by atoms with Crippen molar-refractivity contribution in [3.8, 4) is 34.5 Å². The monoisotopic (exact) mass is 432 g/mol. The van der Waals surface area contributed by atoms with Gasteiger partial charge in [0.1, 0.15) is 0 Å². The molecule has 0 unspecified atom stereocenters. The predicted molar refractivity (Wildman–Crippen MR) is 117 cm³/mol. The van der Waals surface area contributed by atoms with Crippen molar-refractivity contribution in [1.82, 2.24) is 0 Å². The molecule has 0 N–H and O–H groups in total. The summed E-state index contributed by atoms with van der Waals surface area (Å²) in [5.74, 6) is 4.04. The van der Waals surface area contributed by atoms with E-state index in [-0.39, 0.29) is 24.0 Å².